The lowest BCUT2D eigenvalue weighted by atomic mass is 9.61. The van der Waals surface area contributed by atoms with E-state index in [2.05, 4.69) is 145 Å². The third-order valence-corrected chi connectivity index (χ3v) is 12.6. The Bertz CT molecular complexity index is 2520. The van der Waals surface area contributed by atoms with E-state index in [1.807, 2.05) is 37.4 Å². The van der Waals surface area contributed by atoms with Gasteiger partial charge in [-0.05, 0) is 79.6 Å². The molecule has 3 heterocycles. The second kappa shape index (κ2) is 10.9. The number of hydrogen-bond acceptors (Lipinski definition) is 3. The van der Waals surface area contributed by atoms with Gasteiger partial charge in [0.1, 0.15) is 11.5 Å². The van der Waals surface area contributed by atoms with Crippen LogP contribution < -0.4 is 20.3 Å². The Kier molecular flexibility index (Phi) is 6.64. The molecule has 0 saturated heterocycles. The van der Waals surface area contributed by atoms with Gasteiger partial charge in [0.15, 0.2) is 5.43 Å². The Morgan fingerprint density at radius 1 is 0.600 bits per heavy atom. The second-order valence-electron chi connectivity index (χ2n) is 14.7. The van der Waals surface area contributed by atoms with E-state index in [1.54, 1.807) is 0 Å². The van der Waals surface area contributed by atoms with Crippen molar-refractivity contribution in [3.63, 3.8) is 0 Å². The molecule has 0 saturated carbocycles. The fourth-order valence-corrected chi connectivity index (χ4v) is 9.32. The molecule has 1 aromatic heterocycles. The third-order valence-electron chi connectivity index (χ3n) is 10.6. The van der Waals surface area contributed by atoms with E-state index in [0.29, 0.717) is 5.39 Å². The molecule has 0 aliphatic carbocycles. The van der Waals surface area contributed by atoms with Crippen molar-refractivity contribution in [3.05, 3.63) is 183 Å². The van der Waals surface area contributed by atoms with Gasteiger partial charge in [-0.15, -0.1) is 0 Å². The molecule has 6 aromatic carbocycles. The average molecular weight is 667 g/mol. The summed E-state index contributed by atoms with van der Waals surface area (Å²) in [7, 11) is -1.74. The highest BCUT2D eigenvalue weighted by molar-refractivity contribution is 6.88. The summed E-state index contributed by atoms with van der Waals surface area (Å²) in [6, 6.07) is 47.7. The number of benzene rings is 6. The Morgan fingerprint density at radius 3 is 1.90 bits per heavy atom. The summed E-state index contributed by atoms with van der Waals surface area (Å²) in [6.45, 7) is 11.3. The zero-order chi connectivity index (χ0) is 34.4. The molecule has 0 amide bonds. The third kappa shape index (κ3) is 4.33. The molecule has 1 spiro atoms. The normalized spacial score (nSPS) is 14.1. The van der Waals surface area contributed by atoms with Gasteiger partial charge in [0, 0.05) is 39.6 Å². The molecule has 0 fully saturated rings. The van der Waals surface area contributed by atoms with Gasteiger partial charge >= 0.3 is 0 Å². The number of nitrogens with zero attached hydrogens (tertiary/aromatic N) is 2. The summed E-state index contributed by atoms with van der Waals surface area (Å²) in [4.78, 5) is 16.0. The summed E-state index contributed by atoms with van der Waals surface area (Å²) >= 11 is 0. The molecular formula is C45H38N2O2Si. The van der Waals surface area contributed by atoms with Crippen molar-refractivity contribution in [3.8, 4) is 17.2 Å². The molecule has 2 aliphatic rings. The van der Waals surface area contributed by atoms with Gasteiger partial charge in [-0.2, -0.15) is 0 Å². The first-order valence-electron chi connectivity index (χ1n) is 17.3. The highest BCUT2D eigenvalue weighted by Gasteiger charge is 2.51. The van der Waals surface area contributed by atoms with Gasteiger partial charge in [-0.25, -0.2) is 0 Å². The van der Waals surface area contributed by atoms with Crippen molar-refractivity contribution in [2.24, 2.45) is 0 Å². The van der Waals surface area contributed by atoms with E-state index in [-0.39, 0.29) is 5.43 Å². The largest absolute Gasteiger partial charge is 0.457 e. The lowest BCUT2D eigenvalue weighted by molar-refractivity contribution is 0.434. The van der Waals surface area contributed by atoms with Crippen LogP contribution in [0.4, 0.5) is 17.1 Å². The zero-order valence-electron chi connectivity index (χ0n) is 29.0. The van der Waals surface area contributed by atoms with Crippen molar-refractivity contribution >= 4 is 41.2 Å². The van der Waals surface area contributed by atoms with E-state index < -0.39 is 13.5 Å². The van der Waals surface area contributed by atoms with E-state index in [9.17, 15) is 4.79 Å². The molecule has 4 nitrogen and oxygen atoms in total. The summed E-state index contributed by atoms with van der Waals surface area (Å²) in [5.41, 5.74) is 11.2. The maximum atomic E-state index is 13.6. The van der Waals surface area contributed by atoms with Crippen LogP contribution in [0.3, 0.4) is 0 Å². The van der Waals surface area contributed by atoms with Crippen LogP contribution in [0.1, 0.15) is 33.4 Å². The summed E-state index contributed by atoms with van der Waals surface area (Å²) in [5.74, 6) is 1.76. The van der Waals surface area contributed by atoms with Crippen LogP contribution >= 0.6 is 0 Å². The van der Waals surface area contributed by atoms with Gasteiger partial charge in [0.25, 0.3) is 0 Å². The second-order valence-corrected chi connectivity index (χ2v) is 19.8. The fourth-order valence-electron chi connectivity index (χ4n) is 8.16. The monoisotopic (exact) mass is 666 g/mol. The van der Waals surface area contributed by atoms with Crippen LogP contribution in [-0.2, 0) is 5.41 Å². The van der Waals surface area contributed by atoms with Crippen LogP contribution in [0.15, 0.2) is 144 Å². The summed E-state index contributed by atoms with van der Waals surface area (Å²) in [6.07, 6.45) is 1.97. The molecule has 0 unspecified atom stereocenters. The van der Waals surface area contributed by atoms with Crippen molar-refractivity contribution < 1.29 is 4.74 Å². The van der Waals surface area contributed by atoms with Crippen molar-refractivity contribution in [1.82, 2.24) is 4.57 Å². The molecule has 244 valence electrons. The smallest absolute Gasteiger partial charge is 0.192 e. The van der Waals surface area contributed by atoms with E-state index >= 15 is 0 Å². The molecule has 2 aliphatic heterocycles. The Morgan fingerprint density at radius 2 is 1.22 bits per heavy atom. The molecule has 0 bridgehead atoms. The topological polar surface area (TPSA) is 34.5 Å². The predicted octanol–water partition coefficient (Wildman–Crippen LogP) is 10.4. The van der Waals surface area contributed by atoms with Crippen LogP contribution in [-0.4, -0.2) is 12.6 Å². The first-order valence-corrected chi connectivity index (χ1v) is 20.8. The van der Waals surface area contributed by atoms with Gasteiger partial charge < -0.3 is 14.2 Å². The fraction of sp³-hybridized carbons (Fsp3) is 0.133. The van der Waals surface area contributed by atoms with E-state index in [4.69, 9.17) is 4.74 Å². The highest BCUT2D eigenvalue weighted by Crippen LogP contribution is 2.62. The molecule has 0 atom stereocenters. The van der Waals surface area contributed by atoms with Crippen molar-refractivity contribution in [2.75, 3.05) is 4.90 Å². The number of para-hydroxylation sites is 3. The molecule has 7 aromatic rings. The predicted molar refractivity (Wildman–Crippen MR) is 209 cm³/mol. The van der Waals surface area contributed by atoms with Gasteiger partial charge in [0.2, 0.25) is 0 Å². The quantitative estimate of drug-likeness (QED) is 0.176. The molecule has 0 radical (unpaired) electrons. The van der Waals surface area contributed by atoms with Gasteiger partial charge in [-0.1, -0.05) is 109 Å². The minimum absolute atomic E-state index is 0.0583. The zero-order valence-corrected chi connectivity index (χ0v) is 30.0. The number of rotatable bonds is 3. The minimum atomic E-state index is -1.74. The molecule has 5 heteroatoms. The Balaban J connectivity index is 1.41. The maximum Gasteiger partial charge on any atom is 0.192 e. The Labute approximate surface area is 293 Å². The first kappa shape index (κ1) is 30.4. The minimum Gasteiger partial charge on any atom is -0.457 e. The van der Waals surface area contributed by atoms with Gasteiger partial charge in [0.05, 0.1) is 30.4 Å². The number of aryl methyl sites for hydroxylation is 2. The number of hydrogen-bond donors (Lipinski definition) is 0. The molecule has 9 rings (SSSR count). The lowest BCUT2D eigenvalue weighted by Gasteiger charge is -2.49. The number of anilines is 3. The van der Waals surface area contributed by atoms with Crippen molar-refractivity contribution in [1.29, 1.82) is 0 Å². The van der Waals surface area contributed by atoms with E-state index in [1.165, 1.54) is 21.9 Å². The van der Waals surface area contributed by atoms with Gasteiger partial charge in [-0.3, -0.25) is 4.79 Å². The summed E-state index contributed by atoms with van der Waals surface area (Å²) < 4.78 is 8.81. The van der Waals surface area contributed by atoms with Crippen LogP contribution in [0, 0.1) is 13.8 Å². The standard InChI is InChI=1S/C45H38N2O2Si/c1-29-19-23-39-37(25-29)45(35-15-9-11-17-42(35)49-43-18-12-10-16-36(43)45)38-27-33(50(3,4)5)21-24-40(38)47(39)32-20-22-34-41(26-32)46(28-30(2)44(34)48)31-13-7-6-8-14-31/h6-28H,1-5H3. The van der Waals surface area contributed by atoms with Crippen molar-refractivity contribution in [2.45, 2.75) is 38.9 Å². The Hall–Kier alpha value is -5.65. The van der Waals surface area contributed by atoms with Crippen LogP contribution in [0.2, 0.25) is 19.6 Å². The number of pyridine rings is 1. The maximum absolute atomic E-state index is 13.6. The lowest BCUT2D eigenvalue weighted by Crippen LogP contribution is -2.43. The number of aromatic nitrogens is 1. The van der Waals surface area contributed by atoms with Crippen LogP contribution in [0.5, 0.6) is 11.5 Å². The summed E-state index contributed by atoms with van der Waals surface area (Å²) in [5, 5.41) is 2.11. The first-order chi connectivity index (χ1) is 24.2. The molecule has 0 N–H and O–H groups in total. The van der Waals surface area contributed by atoms with Crippen LogP contribution in [0.25, 0.3) is 16.6 Å². The average Bonchev–Trinajstić information content (AvgIpc) is 3.13. The number of ether oxygens (including phenoxy) is 1. The SMILES string of the molecule is Cc1ccc2c(c1)C1(c3ccccc3Oc3ccccc31)c1cc([Si](C)(C)C)ccc1N2c1ccc2c(=O)c(C)cn(-c3ccccc3)c2c1. The molecular weight excluding hydrogens is 629 g/mol. The highest BCUT2D eigenvalue weighted by atomic mass is 28.3. The number of fused-ring (bicyclic) bond motifs is 9. The van der Waals surface area contributed by atoms with E-state index in [0.717, 1.165) is 56.5 Å². The molecule has 50 heavy (non-hydrogen) atoms.